The number of alkyl halides is 1. The van der Waals surface area contributed by atoms with E-state index < -0.39 is 0 Å². The highest BCUT2D eigenvalue weighted by Gasteiger charge is 2.16. The van der Waals surface area contributed by atoms with E-state index in [0.717, 1.165) is 17.9 Å². The molecule has 0 aromatic carbocycles. The first-order valence-electron chi connectivity index (χ1n) is 5.90. The lowest BCUT2D eigenvalue weighted by Crippen LogP contribution is -2.08. The van der Waals surface area contributed by atoms with Crippen molar-refractivity contribution in [3.05, 3.63) is 22.9 Å². The second kappa shape index (κ2) is 5.75. The molecular weight excluding hydrogens is 252 g/mol. The molecule has 0 radical (unpaired) electrons. The van der Waals surface area contributed by atoms with Crippen molar-refractivity contribution in [3.8, 4) is 6.07 Å². The van der Waals surface area contributed by atoms with E-state index in [2.05, 4.69) is 18.0 Å². The van der Waals surface area contributed by atoms with Crippen molar-refractivity contribution in [3.63, 3.8) is 0 Å². The van der Waals surface area contributed by atoms with Crippen LogP contribution in [0.5, 0.6) is 0 Å². The van der Waals surface area contributed by atoms with Gasteiger partial charge in [-0.15, -0.1) is 23.4 Å². The van der Waals surface area contributed by atoms with Crippen molar-refractivity contribution < 1.29 is 0 Å². The number of thioether (sulfide) groups is 1. The number of halogens is 1. The van der Waals surface area contributed by atoms with Crippen molar-refractivity contribution in [1.82, 2.24) is 4.98 Å². The third-order valence-corrected chi connectivity index (χ3v) is 4.67. The zero-order valence-electron chi connectivity index (χ0n) is 9.87. The van der Waals surface area contributed by atoms with Gasteiger partial charge in [0.25, 0.3) is 0 Å². The number of pyridine rings is 1. The molecule has 2 rings (SSSR count). The summed E-state index contributed by atoms with van der Waals surface area (Å²) in [6, 6.07) is 4.27. The fourth-order valence-electron chi connectivity index (χ4n) is 2.01. The average molecular weight is 267 g/mol. The van der Waals surface area contributed by atoms with Crippen LogP contribution in [0.25, 0.3) is 0 Å². The Hall–Kier alpha value is -0.720. The second-order valence-corrected chi connectivity index (χ2v) is 6.08. The molecule has 1 unspecified atom stereocenters. The predicted octanol–water partition coefficient (Wildman–Crippen LogP) is 3.55. The molecule has 1 aliphatic rings. The Morgan fingerprint density at radius 2 is 2.29 bits per heavy atom. The number of aromatic nitrogens is 1. The van der Waals surface area contributed by atoms with Crippen LogP contribution >= 0.6 is 23.4 Å². The lowest BCUT2D eigenvalue weighted by Gasteiger charge is -2.17. The van der Waals surface area contributed by atoms with Gasteiger partial charge in [0.05, 0.1) is 5.56 Å². The molecule has 1 aromatic heterocycles. The predicted molar refractivity (Wildman–Crippen MR) is 71.6 cm³/mol. The van der Waals surface area contributed by atoms with Crippen LogP contribution in [0.4, 0.5) is 0 Å². The summed E-state index contributed by atoms with van der Waals surface area (Å²) < 4.78 is 0. The third kappa shape index (κ3) is 2.94. The summed E-state index contributed by atoms with van der Waals surface area (Å²) >= 11 is 7.41. The van der Waals surface area contributed by atoms with Gasteiger partial charge in [-0.25, -0.2) is 4.98 Å². The van der Waals surface area contributed by atoms with E-state index in [9.17, 15) is 0 Å². The third-order valence-electron chi connectivity index (χ3n) is 2.92. The maximum absolute atomic E-state index is 9.17. The maximum atomic E-state index is 9.17. The van der Waals surface area contributed by atoms with Crippen LogP contribution in [-0.2, 0) is 12.8 Å². The summed E-state index contributed by atoms with van der Waals surface area (Å²) in [5.74, 6) is 0.578. The first-order valence-corrected chi connectivity index (χ1v) is 7.31. The lowest BCUT2D eigenvalue weighted by molar-refractivity contribution is 0.660. The van der Waals surface area contributed by atoms with Crippen LogP contribution in [0.15, 0.2) is 11.1 Å². The molecule has 1 atom stereocenters. The minimum absolute atomic E-state index is 0.290. The Morgan fingerprint density at radius 3 is 3.00 bits per heavy atom. The lowest BCUT2D eigenvalue weighted by atomic mass is 9.95. The van der Waals surface area contributed by atoms with E-state index in [1.54, 1.807) is 11.8 Å². The minimum atomic E-state index is 0.290. The van der Waals surface area contributed by atoms with E-state index in [4.69, 9.17) is 16.9 Å². The van der Waals surface area contributed by atoms with Gasteiger partial charge in [-0.05, 0) is 37.3 Å². The first-order chi connectivity index (χ1) is 8.24. The second-order valence-electron chi connectivity index (χ2n) is 4.35. The zero-order valence-corrected chi connectivity index (χ0v) is 11.4. The molecule has 0 fully saturated rings. The Kier molecular flexibility index (Phi) is 4.31. The van der Waals surface area contributed by atoms with E-state index in [1.807, 2.05) is 6.07 Å². The number of hydrogen-bond donors (Lipinski definition) is 0. The summed E-state index contributed by atoms with van der Waals surface area (Å²) in [5, 5.41) is 10.3. The Morgan fingerprint density at radius 1 is 1.53 bits per heavy atom. The van der Waals surface area contributed by atoms with Gasteiger partial charge in [-0.2, -0.15) is 5.26 Å². The summed E-state index contributed by atoms with van der Waals surface area (Å²) in [6.45, 7) is 2.06. The van der Waals surface area contributed by atoms with Crippen molar-refractivity contribution in [2.24, 2.45) is 0 Å². The molecule has 1 heterocycles. The monoisotopic (exact) mass is 266 g/mol. The molecule has 0 spiro atoms. The van der Waals surface area contributed by atoms with Gasteiger partial charge < -0.3 is 0 Å². The van der Waals surface area contributed by atoms with Crippen molar-refractivity contribution in [1.29, 1.82) is 5.26 Å². The van der Waals surface area contributed by atoms with Gasteiger partial charge in [-0.3, -0.25) is 0 Å². The molecule has 4 heteroatoms. The number of nitrogens with zero attached hydrogens (tertiary/aromatic N) is 2. The van der Waals surface area contributed by atoms with E-state index >= 15 is 0 Å². The van der Waals surface area contributed by atoms with E-state index in [-0.39, 0.29) is 5.25 Å². The molecular formula is C13H15ClN2S. The Bertz CT molecular complexity index is 453. The van der Waals surface area contributed by atoms with Crippen LogP contribution in [0.2, 0.25) is 0 Å². The average Bonchev–Trinajstić information content (AvgIpc) is 2.37. The molecule has 0 saturated carbocycles. The number of rotatable bonds is 3. The molecule has 1 aliphatic carbocycles. The van der Waals surface area contributed by atoms with Crippen LogP contribution in [0.3, 0.4) is 0 Å². The van der Waals surface area contributed by atoms with Gasteiger partial charge in [0.2, 0.25) is 0 Å². The highest BCUT2D eigenvalue weighted by molar-refractivity contribution is 8.00. The van der Waals surface area contributed by atoms with Crippen molar-refractivity contribution in [2.75, 3.05) is 5.88 Å². The minimum Gasteiger partial charge on any atom is -0.245 e. The fourth-order valence-corrected chi connectivity index (χ4v) is 3.03. The Labute approximate surface area is 111 Å². The van der Waals surface area contributed by atoms with Crippen molar-refractivity contribution in [2.45, 2.75) is 42.9 Å². The van der Waals surface area contributed by atoms with Gasteiger partial charge in [0.15, 0.2) is 0 Å². The standard InChI is InChI=1S/C13H15ClN2S/c1-9(7-14)17-13-11(8-15)6-10-4-2-3-5-12(10)16-13/h6,9H,2-5,7H2,1H3. The van der Waals surface area contributed by atoms with E-state index in [1.165, 1.54) is 24.1 Å². The van der Waals surface area contributed by atoms with Gasteiger partial charge in [-0.1, -0.05) is 6.92 Å². The summed E-state index contributed by atoms with van der Waals surface area (Å²) in [5.41, 5.74) is 3.14. The molecule has 90 valence electrons. The molecule has 1 aromatic rings. The molecule has 0 amide bonds. The smallest absolute Gasteiger partial charge is 0.114 e. The van der Waals surface area contributed by atoms with Crippen LogP contribution in [0.1, 0.15) is 36.6 Å². The largest absolute Gasteiger partial charge is 0.245 e. The normalized spacial score (nSPS) is 16.1. The van der Waals surface area contributed by atoms with Crippen LogP contribution < -0.4 is 0 Å². The highest BCUT2D eigenvalue weighted by Crippen LogP contribution is 2.29. The summed E-state index contributed by atoms with van der Waals surface area (Å²) in [4.78, 5) is 4.65. The number of nitriles is 1. The first kappa shape index (κ1) is 12.7. The number of fused-ring (bicyclic) bond motifs is 1. The molecule has 17 heavy (non-hydrogen) atoms. The zero-order chi connectivity index (χ0) is 12.3. The maximum Gasteiger partial charge on any atom is 0.114 e. The van der Waals surface area contributed by atoms with Gasteiger partial charge in [0.1, 0.15) is 11.1 Å². The summed E-state index contributed by atoms with van der Waals surface area (Å²) in [6.07, 6.45) is 4.53. The van der Waals surface area contributed by atoms with Crippen LogP contribution in [0, 0.1) is 11.3 Å². The molecule has 2 nitrogen and oxygen atoms in total. The SMILES string of the molecule is CC(CCl)Sc1nc2c(cc1C#N)CCCC2. The number of aryl methyl sites for hydroxylation is 2. The quantitative estimate of drug-likeness (QED) is 0.620. The molecule has 0 bridgehead atoms. The van der Waals surface area contributed by atoms with Crippen molar-refractivity contribution >= 4 is 23.4 Å². The topological polar surface area (TPSA) is 36.7 Å². The number of hydrogen-bond acceptors (Lipinski definition) is 3. The van der Waals surface area contributed by atoms with E-state index in [0.29, 0.717) is 11.4 Å². The summed E-state index contributed by atoms with van der Waals surface area (Å²) in [7, 11) is 0. The molecule has 0 N–H and O–H groups in total. The van der Waals surface area contributed by atoms with Gasteiger partial charge in [0, 0.05) is 16.8 Å². The van der Waals surface area contributed by atoms with Gasteiger partial charge >= 0.3 is 0 Å². The Balaban J connectivity index is 2.34. The highest BCUT2D eigenvalue weighted by atomic mass is 35.5. The van der Waals surface area contributed by atoms with Crippen LogP contribution in [-0.4, -0.2) is 16.1 Å². The molecule has 0 saturated heterocycles. The fraction of sp³-hybridized carbons (Fsp3) is 0.538. The molecule has 0 aliphatic heterocycles.